The SMILES string of the molecule is COc1ccc2c(c1OC)c(=O)n1c3ccccc3c3cc(C(=O)NCCC(C)C)nc2c31. The molecule has 33 heavy (non-hydrogen) atoms. The molecule has 3 aromatic heterocycles. The first-order valence-corrected chi connectivity index (χ1v) is 11.0. The first-order chi connectivity index (χ1) is 16.0. The average Bonchev–Trinajstić information content (AvgIpc) is 3.16. The van der Waals surface area contributed by atoms with Crippen molar-refractivity contribution in [1.29, 1.82) is 0 Å². The van der Waals surface area contributed by atoms with E-state index in [9.17, 15) is 9.59 Å². The number of amides is 1. The van der Waals surface area contributed by atoms with Crippen molar-refractivity contribution in [2.24, 2.45) is 5.92 Å². The van der Waals surface area contributed by atoms with Crippen molar-refractivity contribution in [2.75, 3.05) is 20.8 Å². The van der Waals surface area contributed by atoms with E-state index < -0.39 is 0 Å². The van der Waals surface area contributed by atoms with E-state index in [-0.39, 0.29) is 11.5 Å². The van der Waals surface area contributed by atoms with E-state index in [4.69, 9.17) is 14.5 Å². The van der Waals surface area contributed by atoms with Gasteiger partial charge in [-0.15, -0.1) is 0 Å². The molecule has 2 aromatic carbocycles. The summed E-state index contributed by atoms with van der Waals surface area (Å²) in [6.07, 6.45) is 0.883. The quantitative estimate of drug-likeness (QED) is 0.394. The second-order valence-corrected chi connectivity index (χ2v) is 8.57. The lowest BCUT2D eigenvalue weighted by molar-refractivity contribution is 0.0947. The number of aromatic nitrogens is 2. The van der Waals surface area contributed by atoms with Crippen LogP contribution in [0.1, 0.15) is 30.8 Å². The summed E-state index contributed by atoms with van der Waals surface area (Å²) in [4.78, 5) is 31.5. The molecule has 168 valence electrons. The number of fused-ring (bicyclic) bond motifs is 5. The first kappa shape index (κ1) is 21.0. The Morgan fingerprint density at radius 3 is 2.58 bits per heavy atom. The average molecular weight is 444 g/mol. The van der Waals surface area contributed by atoms with Crippen molar-refractivity contribution in [3.05, 3.63) is 58.5 Å². The van der Waals surface area contributed by atoms with Crippen LogP contribution in [0.2, 0.25) is 0 Å². The van der Waals surface area contributed by atoms with Gasteiger partial charge in [-0.1, -0.05) is 32.0 Å². The summed E-state index contributed by atoms with van der Waals surface area (Å²) in [6.45, 7) is 4.81. The minimum Gasteiger partial charge on any atom is -0.493 e. The Hall–Kier alpha value is -3.87. The normalized spacial score (nSPS) is 11.8. The predicted octanol–water partition coefficient (Wildman–Crippen LogP) is 4.39. The van der Waals surface area contributed by atoms with E-state index >= 15 is 0 Å². The molecule has 1 amide bonds. The molecule has 5 rings (SSSR count). The maximum absolute atomic E-state index is 13.8. The van der Waals surface area contributed by atoms with Gasteiger partial charge in [0.25, 0.3) is 11.5 Å². The van der Waals surface area contributed by atoms with Crippen molar-refractivity contribution >= 4 is 44.0 Å². The summed E-state index contributed by atoms with van der Waals surface area (Å²) in [7, 11) is 3.04. The third kappa shape index (κ3) is 3.15. The zero-order chi connectivity index (χ0) is 23.3. The van der Waals surface area contributed by atoms with Crippen LogP contribution in [-0.4, -0.2) is 36.1 Å². The highest BCUT2D eigenvalue weighted by atomic mass is 16.5. The number of hydrogen-bond donors (Lipinski definition) is 1. The molecule has 7 nitrogen and oxygen atoms in total. The van der Waals surface area contributed by atoms with Crippen LogP contribution in [-0.2, 0) is 0 Å². The fourth-order valence-electron chi connectivity index (χ4n) is 4.52. The molecule has 3 heterocycles. The van der Waals surface area contributed by atoms with Gasteiger partial charge < -0.3 is 14.8 Å². The minimum atomic E-state index is -0.232. The maximum atomic E-state index is 13.8. The number of ether oxygens (including phenoxy) is 2. The summed E-state index contributed by atoms with van der Waals surface area (Å²) < 4.78 is 12.7. The molecule has 1 N–H and O–H groups in total. The van der Waals surface area contributed by atoms with Crippen molar-refractivity contribution in [2.45, 2.75) is 20.3 Å². The van der Waals surface area contributed by atoms with Gasteiger partial charge in [0.1, 0.15) is 5.69 Å². The van der Waals surface area contributed by atoms with Crippen LogP contribution in [0.3, 0.4) is 0 Å². The van der Waals surface area contributed by atoms with Crippen molar-refractivity contribution < 1.29 is 14.3 Å². The number of nitrogens with one attached hydrogen (secondary N) is 1. The molecular weight excluding hydrogens is 418 g/mol. The van der Waals surface area contributed by atoms with E-state index in [1.54, 1.807) is 22.6 Å². The van der Waals surface area contributed by atoms with Gasteiger partial charge in [0.2, 0.25) is 0 Å². The van der Waals surface area contributed by atoms with Crippen LogP contribution in [0, 0.1) is 5.92 Å². The Morgan fingerprint density at radius 2 is 1.85 bits per heavy atom. The van der Waals surface area contributed by atoms with Crippen molar-refractivity contribution in [3.63, 3.8) is 0 Å². The molecule has 0 unspecified atom stereocenters. The molecule has 0 saturated heterocycles. The van der Waals surface area contributed by atoms with E-state index in [0.717, 1.165) is 22.7 Å². The summed E-state index contributed by atoms with van der Waals surface area (Å²) in [6, 6.07) is 13.0. The van der Waals surface area contributed by atoms with Gasteiger partial charge >= 0.3 is 0 Å². The minimum absolute atomic E-state index is 0.213. The Morgan fingerprint density at radius 1 is 1.06 bits per heavy atom. The van der Waals surface area contributed by atoms with E-state index in [1.807, 2.05) is 24.3 Å². The topological polar surface area (TPSA) is 81.9 Å². The Balaban J connectivity index is 1.90. The largest absolute Gasteiger partial charge is 0.493 e. The molecule has 7 heteroatoms. The number of nitrogens with zero attached hydrogens (tertiary/aromatic N) is 2. The fourth-order valence-corrected chi connectivity index (χ4v) is 4.52. The smallest absolute Gasteiger partial charge is 0.269 e. The van der Waals surface area contributed by atoms with E-state index in [2.05, 4.69) is 19.2 Å². The predicted molar refractivity (Wildman–Crippen MR) is 130 cm³/mol. The van der Waals surface area contributed by atoms with Gasteiger partial charge in [0.15, 0.2) is 11.5 Å². The molecule has 5 aromatic rings. The molecule has 0 fully saturated rings. The second kappa shape index (κ2) is 7.92. The number of hydrogen-bond acceptors (Lipinski definition) is 5. The third-order valence-corrected chi connectivity index (χ3v) is 6.11. The van der Waals surface area contributed by atoms with Crippen LogP contribution >= 0.6 is 0 Å². The highest BCUT2D eigenvalue weighted by Gasteiger charge is 2.23. The molecular formula is C26H25N3O4. The number of rotatable bonds is 6. The molecule has 0 saturated carbocycles. The first-order valence-electron chi connectivity index (χ1n) is 11.0. The van der Waals surface area contributed by atoms with Crippen LogP contribution in [0.25, 0.3) is 38.1 Å². The molecule has 0 aliphatic rings. The molecule has 0 aliphatic carbocycles. The number of pyridine rings is 2. The van der Waals surface area contributed by atoms with Crippen LogP contribution in [0.15, 0.2) is 47.3 Å². The molecule has 0 bridgehead atoms. The van der Waals surface area contributed by atoms with Crippen LogP contribution < -0.4 is 20.3 Å². The zero-order valence-electron chi connectivity index (χ0n) is 19.1. The van der Waals surface area contributed by atoms with Crippen molar-refractivity contribution in [1.82, 2.24) is 14.7 Å². The lowest BCUT2D eigenvalue weighted by atomic mass is 10.1. The van der Waals surface area contributed by atoms with Crippen LogP contribution in [0.4, 0.5) is 0 Å². The second-order valence-electron chi connectivity index (χ2n) is 8.57. The Labute approximate surface area is 190 Å². The number of carbonyl (C=O) groups excluding carboxylic acids is 1. The molecule has 0 aliphatic heterocycles. The monoisotopic (exact) mass is 443 g/mol. The lowest BCUT2D eigenvalue weighted by Crippen LogP contribution is -2.26. The Kier molecular flexibility index (Phi) is 5.04. The number of benzene rings is 2. The van der Waals surface area contributed by atoms with E-state index in [1.165, 1.54) is 14.2 Å². The highest BCUT2D eigenvalue weighted by Crippen LogP contribution is 2.39. The van der Waals surface area contributed by atoms with Gasteiger partial charge in [0.05, 0.1) is 36.2 Å². The fraction of sp³-hybridized carbons (Fsp3) is 0.269. The van der Waals surface area contributed by atoms with Gasteiger partial charge in [-0.2, -0.15) is 0 Å². The lowest BCUT2D eigenvalue weighted by Gasteiger charge is -2.13. The van der Waals surface area contributed by atoms with Crippen molar-refractivity contribution in [3.8, 4) is 11.5 Å². The summed E-state index contributed by atoms with van der Waals surface area (Å²) in [5.74, 6) is 1.07. The summed E-state index contributed by atoms with van der Waals surface area (Å²) in [5.41, 5.74) is 2.14. The maximum Gasteiger partial charge on any atom is 0.269 e. The van der Waals surface area contributed by atoms with Gasteiger partial charge in [-0.05, 0) is 36.6 Å². The standard InChI is InChI=1S/C26H25N3O4/c1-14(2)11-12-27-25(30)18-13-17-15-7-5-6-8-19(15)29-23(17)22(28-18)16-9-10-20(32-3)24(33-4)21(16)26(29)31/h5-10,13-14H,11-12H2,1-4H3,(H,27,30). The third-order valence-electron chi connectivity index (χ3n) is 6.11. The van der Waals surface area contributed by atoms with Gasteiger partial charge in [0, 0.05) is 22.7 Å². The summed E-state index contributed by atoms with van der Waals surface area (Å²) >= 11 is 0. The molecule has 0 radical (unpaired) electrons. The zero-order valence-corrected chi connectivity index (χ0v) is 19.1. The number of methoxy groups -OCH3 is 2. The number of carbonyl (C=O) groups is 1. The molecule has 0 spiro atoms. The number of para-hydroxylation sites is 1. The highest BCUT2D eigenvalue weighted by molar-refractivity contribution is 6.21. The van der Waals surface area contributed by atoms with Gasteiger partial charge in [-0.3, -0.25) is 14.0 Å². The van der Waals surface area contributed by atoms with E-state index in [0.29, 0.717) is 51.5 Å². The van der Waals surface area contributed by atoms with Gasteiger partial charge in [-0.25, -0.2) is 4.98 Å². The Bertz CT molecular complexity index is 1590. The van der Waals surface area contributed by atoms with Crippen LogP contribution in [0.5, 0.6) is 11.5 Å². The summed E-state index contributed by atoms with van der Waals surface area (Å²) in [5, 5.41) is 5.67. The molecule has 0 atom stereocenters.